The van der Waals surface area contributed by atoms with Crippen molar-refractivity contribution in [3.8, 4) is 11.5 Å². The van der Waals surface area contributed by atoms with E-state index >= 15 is 0 Å². The highest BCUT2D eigenvalue weighted by molar-refractivity contribution is 5.96. The van der Waals surface area contributed by atoms with Crippen LogP contribution in [0.15, 0.2) is 6.07 Å². The molecule has 108 valence electrons. The predicted octanol–water partition coefficient (Wildman–Crippen LogP) is 4.79. The third-order valence-corrected chi connectivity index (χ3v) is 4.32. The second-order valence-corrected chi connectivity index (χ2v) is 5.41. The Morgan fingerprint density at radius 3 is 2.05 bits per heavy atom. The Kier molecular flexibility index (Phi) is 3.94. The number of hydrogen-bond donors (Lipinski definition) is 0. The molecule has 0 saturated carbocycles. The van der Waals surface area contributed by atoms with Gasteiger partial charge in [-0.2, -0.15) is 0 Å². The van der Waals surface area contributed by atoms with Crippen LogP contribution in [0.2, 0.25) is 0 Å². The zero-order valence-corrected chi connectivity index (χ0v) is 13.6. The first-order valence-electron chi connectivity index (χ1n) is 7.14. The summed E-state index contributed by atoms with van der Waals surface area (Å²) in [5, 5.41) is 2.57. The number of hydrogen-bond acceptors (Lipinski definition) is 2. The molecule has 0 amide bonds. The van der Waals surface area contributed by atoms with E-state index in [1.54, 1.807) is 7.11 Å². The van der Waals surface area contributed by atoms with Gasteiger partial charge in [-0.05, 0) is 69.0 Å². The van der Waals surface area contributed by atoms with Crippen LogP contribution in [0, 0.1) is 34.6 Å². The van der Waals surface area contributed by atoms with Crippen molar-refractivity contribution < 1.29 is 9.47 Å². The van der Waals surface area contributed by atoms with Crippen molar-refractivity contribution in [1.82, 2.24) is 0 Å². The van der Waals surface area contributed by atoms with Gasteiger partial charge in [-0.15, -0.1) is 0 Å². The number of methoxy groups -OCH3 is 1. The van der Waals surface area contributed by atoms with Gasteiger partial charge in [-0.25, -0.2) is 0 Å². The second kappa shape index (κ2) is 5.35. The minimum atomic E-state index is 0.645. The topological polar surface area (TPSA) is 18.5 Å². The molecule has 0 fully saturated rings. The Morgan fingerprint density at radius 2 is 1.50 bits per heavy atom. The minimum Gasteiger partial charge on any atom is -0.493 e. The van der Waals surface area contributed by atoms with Crippen LogP contribution in [0.5, 0.6) is 11.5 Å². The molecule has 20 heavy (non-hydrogen) atoms. The fourth-order valence-electron chi connectivity index (χ4n) is 3.00. The lowest BCUT2D eigenvalue weighted by molar-refractivity contribution is 0.308. The number of fused-ring (bicyclic) bond motifs is 1. The maximum Gasteiger partial charge on any atom is 0.164 e. The number of rotatable bonds is 3. The molecule has 0 radical (unpaired) electrons. The zero-order chi connectivity index (χ0) is 15.0. The van der Waals surface area contributed by atoms with E-state index in [4.69, 9.17) is 9.47 Å². The van der Waals surface area contributed by atoms with Crippen molar-refractivity contribution in [2.45, 2.75) is 41.5 Å². The number of ether oxygens (including phenoxy) is 2. The average molecular weight is 272 g/mol. The molecular weight excluding hydrogens is 248 g/mol. The predicted molar refractivity (Wildman–Crippen MR) is 85.4 cm³/mol. The minimum absolute atomic E-state index is 0.645. The van der Waals surface area contributed by atoms with Crippen molar-refractivity contribution in [2.75, 3.05) is 13.7 Å². The zero-order valence-electron chi connectivity index (χ0n) is 13.6. The summed E-state index contributed by atoms with van der Waals surface area (Å²) in [6, 6.07) is 2.27. The molecule has 2 nitrogen and oxygen atoms in total. The van der Waals surface area contributed by atoms with Crippen molar-refractivity contribution in [3.63, 3.8) is 0 Å². The van der Waals surface area contributed by atoms with E-state index in [2.05, 4.69) is 40.7 Å². The molecule has 0 unspecified atom stereocenters. The summed E-state index contributed by atoms with van der Waals surface area (Å²) in [7, 11) is 1.71. The second-order valence-electron chi connectivity index (χ2n) is 5.41. The number of benzene rings is 2. The summed E-state index contributed by atoms with van der Waals surface area (Å²) in [4.78, 5) is 0. The molecule has 0 spiro atoms. The average Bonchev–Trinajstić information content (AvgIpc) is 2.42. The first-order valence-corrected chi connectivity index (χ1v) is 7.14. The van der Waals surface area contributed by atoms with Crippen LogP contribution < -0.4 is 9.47 Å². The molecule has 0 N–H and O–H groups in total. The standard InChI is InChI=1S/C18H24O2/c1-8-20-18-13(5)15-9-10(2)11(3)12(4)16(15)14(6)17(18)19-7/h9H,8H2,1-7H3. The molecule has 2 heteroatoms. The Balaban J connectivity index is 2.99. The lowest BCUT2D eigenvalue weighted by Gasteiger charge is -2.20. The van der Waals surface area contributed by atoms with Crippen LogP contribution in [-0.2, 0) is 0 Å². The highest BCUT2D eigenvalue weighted by Crippen LogP contribution is 2.43. The van der Waals surface area contributed by atoms with Crippen LogP contribution in [0.3, 0.4) is 0 Å². The van der Waals surface area contributed by atoms with Crippen LogP contribution in [-0.4, -0.2) is 13.7 Å². The van der Waals surface area contributed by atoms with Gasteiger partial charge < -0.3 is 9.47 Å². The van der Waals surface area contributed by atoms with Crippen molar-refractivity contribution in [1.29, 1.82) is 0 Å². The van der Waals surface area contributed by atoms with Gasteiger partial charge in [0.05, 0.1) is 13.7 Å². The smallest absolute Gasteiger partial charge is 0.164 e. The summed E-state index contributed by atoms with van der Waals surface area (Å²) in [5.41, 5.74) is 6.34. The maximum absolute atomic E-state index is 5.83. The van der Waals surface area contributed by atoms with Crippen LogP contribution in [0.25, 0.3) is 10.8 Å². The molecule has 0 saturated heterocycles. The first kappa shape index (κ1) is 14.7. The fourth-order valence-corrected chi connectivity index (χ4v) is 3.00. The van der Waals surface area contributed by atoms with Gasteiger partial charge in [-0.1, -0.05) is 6.07 Å². The third-order valence-electron chi connectivity index (χ3n) is 4.32. The summed E-state index contributed by atoms with van der Waals surface area (Å²) in [6.45, 7) is 13.4. The van der Waals surface area contributed by atoms with Crippen LogP contribution in [0.1, 0.15) is 34.7 Å². The van der Waals surface area contributed by atoms with E-state index in [0.717, 1.165) is 22.6 Å². The Labute approximate surface area is 121 Å². The fraction of sp³-hybridized carbons (Fsp3) is 0.444. The van der Waals surface area contributed by atoms with E-state index in [-0.39, 0.29) is 0 Å². The molecule has 2 aromatic carbocycles. The Hall–Kier alpha value is -1.70. The molecule has 0 aliphatic carbocycles. The normalized spacial score (nSPS) is 10.9. The highest BCUT2D eigenvalue weighted by Gasteiger charge is 2.19. The van der Waals surface area contributed by atoms with E-state index in [9.17, 15) is 0 Å². The van der Waals surface area contributed by atoms with Gasteiger partial charge in [0.1, 0.15) is 0 Å². The van der Waals surface area contributed by atoms with Gasteiger partial charge in [0.15, 0.2) is 11.5 Å². The highest BCUT2D eigenvalue weighted by atomic mass is 16.5. The van der Waals surface area contributed by atoms with E-state index < -0.39 is 0 Å². The lowest BCUT2D eigenvalue weighted by Crippen LogP contribution is -2.02. The molecule has 2 rings (SSSR count). The van der Waals surface area contributed by atoms with Gasteiger partial charge in [0, 0.05) is 11.1 Å². The van der Waals surface area contributed by atoms with Gasteiger partial charge in [0.2, 0.25) is 0 Å². The van der Waals surface area contributed by atoms with Crippen LogP contribution >= 0.6 is 0 Å². The molecule has 0 aliphatic heterocycles. The van der Waals surface area contributed by atoms with Crippen molar-refractivity contribution in [3.05, 3.63) is 33.9 Å². The Morgan fingerprint density at radius 1 is 0.850 bits per heavy atom. The lowest BCUT2D eigenvalue weighted by atomic mass is 9.90. The van der Waals surface area contributed by atoms with Gasteiger partial charge in [0.25, 0.3) is 0 Å². The van der Waals surface area contributed by atoms with E-state index in [1.807, 2.05) is 6.92 Å². The number of aryl methyl sites for hydroxylation is 4. The molecular formula is C18H24O2. The monoisotopic (exact) mass is 272 g/mol. The summed E-state index contributed by atoms with van der Waals surface area (Å²) in [6.07, 6.45) is 0. The molecule has 2 aromatic rings. The summed E-state index contributed by atoms with van der Waals surface area (Å²) >= 11 is 0. The molecule has 0 heterocycles. The molecule has 0 aromatic heterocycles. The maximum atomic E-state index is 5.83. The Bertz CT molecular complexity index is 669. The van der Waals surface area contributed by atoms with Gasteiger partial charge in [-0.3, -0.25) is 0 Å². The first-order chi connectivity index (χ1) is 9.43. The van der Waals surface area contributed by atoms with Crippen molar-refractivity contribution >= 4 is 10.8 Å². The quantitative estimate of drug-likeness (QED) is 0.800. The molecule has 0 atom stereocenters. The van der Waals surface area contributed by atoms with E-state index in [0.29, 0.717) is 6.61 Å². The molecule has 0 aliphatic rings. The SMILES string of the molecule is CCOc1c(OC)c(C)c2c(C)c(C)c(C)cc2c1C. The third kappa shape index (κ3) is 2.04. The van der Waals surface area contributed by atoms with Crippen LogP contribution in [0.4, 0.5) is 0 Å². The molecule has 0 bridgehead atoms. The summed E-state index contributed by atoms with van der Waals surface area (Å²) in [5.74, 6) is 1.74. The largest absolute Gasteiger partial charge is 0.493 e. The van der Waals surface area contributed by atoms with Gasteiger partial charge >= 0.3 is 0 Å². The van der Waals surface area contributed by atoms with Crippen molar-refractivity contribution in [2.24, 2.45) is 0 Å². The summed E-state index contributed by atoms with van der Waals surface area (Å²) < 4.78 is 11.5. The van der Waals surface area contributed by atoms with E-state index in [1.165, 1.54) is 27.5 Å².